The molecule has 0 amide bonds. The molecule has 0 aliphatic carbocycles. The molecule has 1 aromatic heterocycles. The van der Waals surface area contributed by atoms with E-state index in [9.17, 15) is 13.2 Å². The second kappa shape index (κ2) is 7.96. The quantitative estimate of drug-likeness (QED) is 0.603. The van der Waals surface area contributed by atoms with Crippen molar-refractivity contribution >= 4 is 28.4 Å². The number of hydrogen-bond acceptors (Lipinski definition) is 6. The molecule has 2 rings (SSSR count). The van der Waals surface area contributed by atoms with Gasteiger partial charge in [0.15, 0.2) is 0 Å². The summed E-state index contributed by atoms with van der Waals surface area (Å²) in [6, 6.07) is 0. The lowest BCUT2D eigenvalue weighted by molar-refractivity contribution is 0.0595. The molecule has 0 atom stereocenters. The molecule has 0 unspecified atom stereocenters. The van der Waals surface area contributed by atoms with Gasteiger partial charge in [0.2, 0.25) is 10.0 Å². The Labute approximate surface area is 141 Å². The summed E-state index contributed by atoms with van der Waals surface area (Å²) in [4.78, 5) is 11.7. The number of nitrogens with one attached hydrogen (secondary N) is 2. The van der Waals surface area contributed by atoms with Crippen molar-refractivity contribution in [1.29, 1.82) is 0 Å². The molecule has 2 N–H and O–H groups in total. The van der Waals surface area contributed by atoms with Gasteiger partial charge in [0.05, 0.1) is 7.11 Å². The van der Waals surface area contributed by atoms with Crippen LogP contribution in [0.25, 0.3) is 0 Å². The molecule has 0 spiro atoms. The lowest BCUT2D eigenvalue weighted by Gasteiger charge is -2.15. The number of carbonyl (C=O) groups is 1. The largest absolute Gasteiger partial charge is 0.465 e. The fraction of sp³-hybridized carbons (Fsp3) is 0.500. The van der Waals surface area contributed by atoms with Crippen molar-refractivity contribution in [2.24, 2.45) is 0 Å². The van der Waals surface area contributed by atoms with Crippen LogP contribution in [0.15, 0.2) is 21.0 Å². The van der Waals surface area contributed by atoms with Gasteiger partial charge < -0.3 is 14.5 Å². The molecule has 7 nitrogen and oxygen atoms in total. The highest BCUT2D eigenvalue weighted by Crippen LogP contribution is 2.27. The summed E-state index contributed by atoms with van der Waals surface area (Å²) in [6.07, 6.45) is 2.75. The number of esters is 1. The monoisotopic (exact) mass is 364 g/mol. The van der Waals surface area contributed by atoms with Crippen LogP contribution in [0.5, 0.6) is 0 Å². The molecule has 0 radical (unpaired) electrons. The minimum absolute atomic E-state index is 0. The number of ether oxygens (including phenoxy) is 1. The molecule has 0 saturated heterocycles. The summed E-state index contributed by atoms with van der Waals surface area (Å²) in [5, 5.41) is 3.16. The number of aryl methyl sites for hydroxylation is 2. The number of furan rings is 1. The molecule has 0 saturated carbocycles. The summed E-state index contributed by atoms with van der Waals surface area (Å²) < 4.78 is 37.5. The number of carbonyl (C=O) groups excluding carboxylic acids is 1. The Morgan fingerprint density at radius 2 is 2.09 bits per heavy atom. The topological polar surface area (TPSA) is 97.6 Å². The Kier molecular flexibility index (Phi) is 6.82. The first kappa shape index (κ1) is 19.7. The zero-order valence-electron chi connectivity index (χ0n) is 13.3. The van der Waals surface area contributed by atoms with Gasteiger partial charge in [0.25, 0.3) is 0 Å². The van der Waals surface area contributed by atoms with E-state index in [1.807, 2.05) is 6.08 Å². The molecule has 9 heteroatoms. The van der Waals surface area contributed by atoms with Crippen molar-refractivity contribution in [3.8, 4) is 0 Å². The van der Waals surface area contributed by atoms with Gasteiger partial charge in [-0.2, -0.15) is 0 Å². The van der Waals surface area contributed by atoms with Crippen molar-refractivity contribution in [3.05, 3.63) is 28.7 Å². The molecule has 1 aliphatic rings. The number of halogens is 1. The molecule has 1 aliphatic heterocycles. The van der Waals surface area contributed by atoms with E-state index in [2.05, 4.69) is 14.8 Å². The van der Waals surface area contributed by atoms with Crippen molar-refractivity contribution in [2.45, 2.75) is 25.2 Å². The SMILES string of the molecule is COC(=O)c1c(C)oc(C)c1S(=O)(=O)NCC1=CCNCC1.Cl. The second-order valence-corrected chi connectivity index (χ2v) is 6.75. The minimum atomic E-state index is -3.86. The summed E-state index contributed by atoms with van der Waals surface area (Å²) in [5.74, 6) is -0.327. The van der Waals surface area contributed by atoms with Crippen LogP contribution in [0, 0.1) is 13.8 Å². The van der Waals surface area contributed by atoms with Crippen molar-refractivity contribution in [2.75, 3.05) is 26.7 Å². The number of sulfonamides is 1. The van der Waals surface area contributed by atoms with E-state index in [4.69, 9.17) is 4.42 Å². The molecular weight excluding hydrogens is 344 g/mol. The molecule has 0 aromatic carbocycles. The average molecular weight is 365 g/mol. The lowest BCUT2D eigenvalue weighted by Crippen LogP contribution is -2.30. The van der Waals surface area contributed by atoms with Gasteiger partial charge >= 0.3 is 5.97 Å². The highest BCUT2D eigenvalue weighted by atomic mass is 35.5. The number of hydrogen-bond donors (Lipinski definition) is 2. The first-order chi connectivity index (χ1) is 10.4. The van der Waals surface area contributed by atoms with Gasteiger partial charge in [-0.05, 0) is 26.8 Å². The Balaban J connectivity index is 0.00000264. The molecule has 23 heavy (non-hydrogen) atoms. The molecule has 1 aromatic rings. The van der Waals surface area contributed by atoms with Crippen LogP contribution in [0.3, 0.4) is 0 Å². The fourth-order valence-electron chi connectivity index (χ4n) is 2.42. The summed E-state index contributed by atoms with van der Waals surface area (Å²) >= 11 is 0. The van der Waals surface area contributed by atoms with Gasteiger partial charge in [-0.25, -0.2) is 17.9 Å². The second-order valence-electron chi connectivity index (χ2n) is 5.05. The van der Waals surface area contributed by atoms with Crippen LogP contribution >= 0.6 is 12.4 Å². The Morgan fingerprint density at radius 1 is 1.39 bits per heavy atom. The highest BCUT2D eigenvalue weighted by molar-refractivity contribution is 7.89. The molecular formula is C14H21ClN2O5S. The normalized spacial score (nSPS) is 14.8. The van der Waals surface area contributed by atoms with E-state index in [1.165, 1.54) is 21.0 Å². The number of methoxy groups -OCH3 is 1. The first-order valence-corrected chi connectivity index (χ1v) is 8.41. The average Bonchev–Trinajstić information content (AvgIpc) is 2.81. The third-order valence-electron chi connectivity index (χ3n) is 3.51. The lowest BCUT2D eigenvalue weighted by atomic mass is 10.1. The van der Waals surface area contributed by atoms with Crippen molar-refractivity contribution in [1.82, 2.24) is 10.0 Å². The van der Waals surface area contributed by atoms with Crippen LogP contribution in [0.2, 0.25) is 0 Å². The van der Waals surface area contributed by atoms with Gasteiger partial charge in [-0.1, -0.05) is 11.6 Å². The summed E-state index contributed by atoms with van der Waals surface area (Å²) in [5.41, 5.74) is 0.964. The number of rotatable bonds is 5. The zero-order chi connectivity index (χ0) is 16.3. The van der Waals surface area contributed by atoms with Gasteiger partial charge in [-0.3, -0.25) is 0 Å². The van der Waals surface area contributed by atoms with Gasteiger partial charge in [-0.15, -0.1) is 12.4 Å². The molecule has 0 bridgehead atoms. The zero-order valence-corrected chi connectivity index (χ0v) is 14.9. The van der Waals surface area contributed by atoms with Crippen LogP contribution in [0.1, 0.15) is 28.3 Å². The predicted molar refractivity (Wildman–Crippen MR) is 87.5 cm³/mol. The maximum atomic E-state index is 12.5. The Hall–Kier alpha value is -1.35. The van der Waals surface area contributed by atoms with Crippen LogP contribution in [0.4, 0.5) is 0 Å². The summed E-state index contributed by atoms with van der Waals surface area (Å²) in [6.45, 7) is 4.82. The minimum Gasteiger partial charge on any atom is -0.465 e. The van der Waals surface area contributed by atoms with E-state index in [0.717, 1.165) is 25.1 Å². The van der Waals surface area contributed by atoms with E-state index in [1.54, 1.807) is 0 Å². The maximum absolute atomic E-state index is 12.5. The Bertz CT molecular complexity index is 709. The molecule has 2 heterocycles. The molecule has 130 valence electrons. The van der Waals surface area contributed by atoms with Crippen LogP contribution < -0.4 is 10.0 Å². The predicted octanol–water partition coefficient (Wildman–Crippen LogP) is 1.30. The third-order valence-corrected chi connectivity index (χ3v) is 5.06. The van der Waals surface area contributed by atoms with Crippen LogP contribution in [-0.4, -0.2) is 41.1 Å². The maximum Gasteiger partial charge on any atom is 0.342 e. The fourth-order valence-corrected chi connectivity index (χ4v) is 3.85. The highest BCUT2D eigenvalue weighted by Gasteiger charge is 2.31. The van der Waals surface area contributed by atoms with Crippen LogP contribution in [-0.2, 0) is 14.8 Å². The van der Waals surface area contributed by atoms with Gasteiger partial charge in [0, 0.05) is 13.1 Å². The summed E-state index contributed by atoms with van der Waals surface area (Å²) in [7, 11) is -2.66. The standard InChI is InChI=1S/C14H20N2O5S.ClH/c1-9-12(14(17)20-3)13(10(2)21-9)22(18,19)16-8-11-4-6-15-7-5-11;/h4,15-16H,5-8H2,1-3H3;1H. The first-order valence-electron chi connectivity index (χ1n) is 6.93. The van der Waals surface area contributed by atoms with Crippen molar-refractivity contribution in [3.63, 3.8) is 0 Å². The Morgan fingerprint density at radius 3 is 2.65 bits per heavy atom. The van der Waals surface area contributed by atoms with E-state index >= 15 is 0 Å². The third kappa shape index (κ3) is 4.35. The van der Waals surface area contributed by atoms with E-state index < -0.39 is 16.0 Å². The van der Waals surface area contributed by atoms with E-state index in [0.29, 0.717) is 0 Å². The van der Waals surface area contributed by atoms with E-state index in [-0.39, 0.29) is 40.9 Å². The van der Waals surface area contributed by atoms with Crippen molar-refractivity contribution < 1.29 is 22.4 Å². The smallest absolute Gasteiger partial charge is 0.342 e. The van der Waals surface area contributed by atoms with Gasteiger partial charge in [0.1, 0.15) is 22.0 Å². The molecule has 0 fully saturated rings.